The molecule has 0 bridgehead atoms. The van der Waals surface area contributed by atoms with Crippen molar-refractivity contribution >= 4 is 5.82 Å². The van der Waals surface area contributed by atoms with E-state index in [4.69, 9.17) is 15.0 Å². The number of nitrogens with two attached hydrogens (primary N) is 1. The molecule has 6 nitrogen and oxygen atoms in total. The van der Waals surface area contributed by atoms with Gasteiger partial charge in [-0.3, -0.25) is 0 Å². The summed E-state index contributed by atoms with van der Waals surface area (Å²) in [5.74, 6) is 2.14. The van der Waals surface area contributed by atoms with Gasteiger partial charge in [0.25, 0.3) is 5.89 Å². The highest BCUT2D eigenvalue weighted by molar-refractivity contribution is 5.50. The molecule has 0 radical (unpaired) electrons. The maximum atomic E-state index is 5.76. The van der Waals surface area contributed by atoms with Crippen LogP contribution in [0.15, 0.2) is 22.7 Å². The van der Waals surface area contributed by atoms with Crippen LogP contribution in [0.2, 0.25) is 0 Å². The highest BCUT2D eigenvalue weighted by atomic mass is 16.5. The summed E-state index contributed by atoms with van der Waals surface area (Å²) in [5, 5.41) is 4.12. The highest BCUT2D eigenvalue weighted by Crippen LogP contribution is 2.41. The van der Waals surface area contributed by atoms with E-state index in [0.29, 0.717) is 23.2 Å². The van der Waals surface area contributed by atoms with E-state index in [1.165, 1.54) is 0 Å². The van der Waals surface area contributed by atoms with Crippen molar-refractivity contribution in [2.24, 2.45) is 5.92 Å². The summed E-state index contributed by atoms with van der Waals surface area (Å²) in [6.07, 6.45) is 4.03. The molecule has 0 spiro atoms. The summed E-state index contributed by atoms with van der Waals surface area (Å²) in [7, 11) is 1.71. The molecular weight excluding hydrogens is 268 g/mol. The number of hydrogen-bond acceptors (Lipinski definition) is 6. The van der Waals surface area contributed by atoms with E-state index >= 15 is 0 Å². The Balaban J connectivity index is 1.90. The van der Waals surface area contributed by atoms with Gasteiger partial charge in [-0.2, -0.15) is 4.98 Å². The summed E-state index contributed by atoms with van der Waals surface area (Å²) in [6, 6.07) is 5.34. The van der Waals surface area contributed by atoms with E-state index in [2.05, 4.69) is 22.0 Å². The summed E-state index contributed by atoms with van der Waals surface area (Å²) in [4.78, 5) is 8.70. The molecule has 112 valence electrons. The van der Waals surface area contributed by atoms with Crippen LogP contribution in [-0.4, -0.2) is 22.2 Å². The van der Waals surface area contributed by atoms with Gasteiger partial charge in [-0.1, -0.05) is 18.1 Å². The number of rotatable bonds is 3. The minimum absolute atomic E-state index is 0.382. The lowest BCUT2D eigenvalue weighted by molar-refractivity contribution is -0.0609. The topological polar surface area (TPSA) is 87.1 Å². The minimum atomic E-state index is -0.436. The fourth-order valence-corrected chi connectivity index (χ4v) is 2.83. The largest absolute Gasteiger partial charge is 0.384 e. The molecule has 0 aromatic carbocycles. The molecule has 2 N–H and O–H groups in total. The maximum absolute atomic E-state index is 5.76. The smallest absolute Gasteiger partial charge is 0.276 e. The molecule has 6 heteroatoms. The van der Waals surface area contributed by atoms with Crippen LogP contribution in [0.25, 0.3) is 11.6 Å². The molecule has 21 heavy (non-hydrogen) atoms. The molecule has 0 aliphatic heterocycles. The van der Waals surface area contributed by atoms with Crippen molar-refractivity contribution in [2.75, 3.05) is 12.8 Å². The van der Waals surface area contributed by atoms with E-state index < -0.39 is 5.60 Å². The Morgan fingerprint density at radius 3 is 2.71 bits per heavy atom. The van der Waals surface area contributed by atoms with E-state index in [9.17, 15) is 0 Å². The van der Waals surface area contributed by atoms with Crippen LogP contribution >= 0.6 is 0 Å². The Kier molecular flexibility index (Phi) is 3.63. The van der Waals surface area contributed by atoms with Crippen molar-refractivity contribution in [1.29, 1.82) is 0 Å². The zero-order chi connectivity index (χ0) is 14.9. The predicted octanol–water partition coefficient (Wildman–Crippen LogP) is 2.77. The Morgan fingerprint density at radius 2 is 2.05 bits per heavy atom. The van der Waals surface area contributed by atoms with Crippen LogP contribution < -0.4 is 5.73 Å². The third-order valence-electron chi connectivity index (χ3n) is 4.30. The van der Waals surface area contributed by atoms with E-state index in [1.807, 2.05) is 6.07 Å². The zero-order valence-electron chi connectivity index (χ0n) is 12.4. The Morgan fingerprint density at radius 1 is 1.29 bits per heavy atom. The van der Waals surface area contributed by atoms with Gasteiger partial charge < -0.3 is 15.0 Å². The highest BCUT2D eigenvalue weighted by Gasteiger charge is 2.40. The van der Waals surface area contributed by atoms with Crippen LogP contribution in [-0.2, 0) is 10.3 Å². The molecule has 0 amide bonds. The van der Waals surface area contributed by atoms with Gasteiger partial charge in [0, 0.05) is 7.11 Å². The molecule has 0 unspecified atom stereocenters. The number of aromatic nitrogens is 3. The van der Waals surface area contributed by atoms with Crippen molar-refractivity contribution in [3.63, 3.8) is 0 Å². The Labute approximate surface area is 123 Å². The molecule has 1 saturated carbocycles. The standard InChI is InChI=1S/C15H20N4O2/c1-10-6-8-15(20-2,9-7-10)14-18-13(21-19-14)11-4-3-5-12(16)17-11/h3-5,10H,6-9H2,1-2H3,(H2,16,17). The van der Waals surface area contributed by atoms with Crippen LogP contribution in [0.5, 0.6) is 0 Å². The lowest BCUT2D eigenvalue weighted by Crippen LogP contribution is -2.34. The van der Waals surface area contributed by atoms with Gasteiger partial charge in [-0.25, -0.2) is 4.98 Å². The van der Waals surface area contributed by atoms with Gasteiger partial charge in [-0.15, -0.1) is 0 Å². The number of nitrogen functional groups attached to an aromatic ring is 1. The predicted molar refractivity (Wildman–Crippen MR) is 78.3 cm³/mol. The van der Waals surface area contributed by atoms with Crippen molar-refractivity contribution in [3.05, 3.63) is 24.0 Å². The van der Waals surface area contributed by atoms with Crippen molar-refractivity contribution in [1.82, 2.24) is 15.1 Å². The van der Waals surface area contributed by atoms with Gasteiger partial charge in [0.2, 0.25) is 5.82 Å². The van der Waals surface area contributed by atoms with Gasteiger partial charge in [0.15, 0.2) is 0 Å². The molecule has 0 atom stereocenters. The van der Waals surface area contributed by atoms with Crippen LogP contribution in [0.3, 0.4) is 0 Å². The van der Waals surface area contributed by atoms with Gasteiger partial charge in [0.1, 0.15) is 17.1 Å². The normalized spacial score (nSPS) is 25.9. The molecule has 1 fully saturated rings. The van der Waals surface area contributed by atoms with Gasteiger partial charge in [0.05, 0.1) is 0 Å². The minimum Gasteiger partial charge on any atom is -0.384 e. The van der Waals surface area contributed by atoms with E-state index in [0.717, 1.165) is 31.6 Å². The fourth-order valence-electron chi connectivity index (χ4n) is 2.83. The molecule has 2 heterocycles. The van der Waals surface area contributed by atoms with Gasteiger partial charge in [-0.05, 0) is 43.7 Å². The van der Waals surface area contributed by atoms with Gasteiger partial charge >= 0.3 is 0 Å². The number of anilines is 1. The third-order valence-corrected chi connectivity index (χ3v) is 4.30. The van der Waals surface area contributed by atoms with Crippen molar-refractivity contribution in [2.45, 2.75) is 38.2 Å². The van der Waals surface area contributed by atoms with Crippen LogP contribution in [0.1, 0.15) is 38.4 Å². The van der Waals surface area contributed by atoms with E-state index in [1.54, 1.807) is 19.2 Å². The first-order chi connectivity index (χ1) is 10.1. The fraction of sp³-hybridized carbons (Fsp3) is 0.533. The molecular formula is C15H20N4O2. The van der Waals surface area contributed by atoms with E-state index in [-0.39, 0.29) is 0 Å². The molecule has 2 aromatic heterocycles. The first-order valence-electron chi connectivity index (χ1n) is 7.25. The molecule has 3 rings (SSSR count). The SMILES string of the molecule is COC1(c2noc(-c3cccc(N)n3)n2)CCC(C)CC1. The van der Waals surface area contributed by atoms with Crippen LogP contribution in [0.4, 0.5) is 5.82 Å². The molecule has 2 aromatic rings. The summed E-state index contributed by atoms with van der Waals surface area (Å²) < 4.78 is 11.1. The maximum Gasteiger partial charge on any atom is 0.276 e. The number of nitrogens with zero attached hydrogens (tertiary/aromatic N) is 3. The molecule has 0 saturated heterocycles. The number of ether oxygens (including phenoxy) is 1. The lowest BCUT2D eigenvalue weighted by Gasteiger charge is -2.35. The van der Waals surface area contributed by atoms with Crippen molar-refractivity contribution < 1.29 is 9.26 Å². The Bertz CT molecular complexity index is 618. The number of pyridine rings is 1. The third kappa shape index (κ3) is 2.63. The summed E-state index contributed by atoms with van der Waals surface area (Å²) in [5.41, 5.74) is 5.84. The lowest BCUT2D eigenvalue weighted by atomic mass is 9.79. The monoisotopic (exact) mass is 288 g/mol. The summed E-state index contributed by atoms with van der Waals surface area (Å²) >= 11 is 0. The average Bonchev–Trinajstić information content (AvgIpc) is 2.99. The number of methoxy groups -OCH3 is 1. The average molecular weight is 288 g/mol. The summed E-state index contributed by atoms with van der Waals surface area (Å²) in [6.45, 7) is 2.26. The first-order valence-corrected chi connectivity index (χ1v) is 7.25. The Hall–Kier alpha value is -1.95. The number of hydrogen-bond donors (Lipinski definition) is 1. The second-order valence-corrected chi connectivity index (χ2v) is 5.75. The molecule has 1 aliphatic carbocycles. The second-order valence-electron chi connectivity index (χ2n) is 5.75. The van der Waals surface area contributed by atoms with Crippen LogP contribution in [0, 0.1) is 5.92 Å². The zero-order valence-corrected chi connectivity index (χ0v) is 12.4. The first kappa shape index (κ1) is 14.0. The second kappa shape index (κ2) is 5.44. The molecule has 1 aliphatic rings. The quantitative estimate of drug-likeness (QED) is 0.934. The van der Waals surface area contributed by atoms with Crippen molar-refractivity contribution in [3.8, 4) is 11.6 Å².